The minimum Gasteiger partial charge on any atom is -0.368 e. The van der Waals surface area contributed by atoms with Gasteiger partial charge in [-0.3, -0.25) is 0 Å². The molecule has 0 radical (unpaired) electrons. The van der Waals surface area contributed by atoms with Crippen LogP contribution >= 0.6 is 0 Å². The highest BCUT2D eigenvalue weighted by Crippen LogP contribution is 2.41. The van der Waals surface area contributed by atoms with E-state index in [1.165, 1.54) is 17.2 Å². The Morgan fingerprint density at radius 3 is 2.59 bits per heavy atom. The average molecular weight is 298 g/mol. The Hall–Kier alpha value is -1.67. The first kappa shape index (κ1) is 15.2. The molecule has 0 heterocycles. The van der Waals surface area contributed by atoms with Crippen LogP contribution in [0.15, 0.2) is 36.4 Å². The summed E-state index contributed by atoms with van der Waals surface area (Å²) in [7, 11) is 0. The maximum Gasteiger partial charge on any atom is 0.123 e. The molecule has 1 nitrogen and oxygen atoms in total. The molecule has 2 heteroatoms. The van der Waals surface area contributed by atoms with Crippen molar-refractivity contribution < 1.29 is 9.13 Å². The van der Waals surface area contributed by atoms with Crippen molar-refractivity contribution in [2.24, 2.45) is 0 Å². The molecular weight excluding hydrogens is 275 g/mol. The third kappa shape index (κ3) is 2.93. The average Bonchev–Trinajstić information content (AvgIpc) is 2.83. The van der Waals surface area contributed by atoms with Gasteiger partial charge in [-0.2, -0.15) is 0 Å². The summed E-state index contributed by atoms with van der Waals surface area (Å²) >= 11 is 0. The maximum atomic E-state index is 13.7. The molecular formula is C20H23FO. The van der Waals surface area contributed by atoms with Gasteiger partial charge in [0.2, 0.25) is 0 Å². The van der Waals surface area contributed by atoms with Gasteiger partial charge in [-0.25, -0.2) is 4.39 Å². The van der Waals surface area contributed by atoms with Gasteiger partial charge in [0.15, 0.2) is 0 Å². The van der Waals surface area contributed by atoms with Crippen LogP contribution in [0.5, 0.6) is 0 Å². The highest BCUT2D eigenvalue weighted by Gasteiger charge is 2.29. The highest BCUT2D eigenvalue weighted by molar-refractivity contribution is 5.72. The summed E-state index contributed by atoms with van der Waals surface area (Å²) in [5.74, 6) is -0.182. The van der Waals surface area contributed by atoms with Gasteiger partial charge in [-0.05, 0) is 80.5 Å². The predicted molar refractivity (Wildman–Crippen MR) is 88.5 cm³/mol. The molecule has 1 aliphatic carbocycles. The van der Waals surface area contributed by atoms with E-state index >= 15 is 0 Å². The Balaban J connectivity index is 2.05. The van der Waals surface area contributed by atoms with E-state index in [0.29, 0.717) is 0 Å². The molecule has 0 saturated carbocycles. The second-order valence-corrected chi connectivity index (χ2v) is 7.09. The summed E-state index contributed by atoms with van der Waals surface area (Å²) in [6.45, 7) is 8.30. The van der Waals surface area contributed by atoms with E-state index in [-0.39, 0.29) is 17.5 Å². The van der Waals surface area contributed by atoms with E-state index in [2.05, 4.69) is 39.0 Å². The van der Waals surface area contributed by atoms with Crippen LogP contribution in [0.2, 0.25) is 0 Å². The molecule has 0 aromatic heterocycles. The van der Waals surface area contributed by atoms with Gasteiger partial charge in [0.05, 0.1) is 11.7 Å². The lowest BCUT2D eigenvalue weighted by Gasteiger charge is -2.25. The summed E-state index contributed by atoms with van der Waals surface area (Å²) in [6, 6.07) is 11.3. The molecule has 2 aromatic rings. The van der Waals surface area contributed by atoms with Crippen LogP contribution in [0.4, 0.5) is 4.39 Å². The van der Waals surface area contributed by atoms with Crippen molar-refractivity contribution in [2.45, 2.75) is 52.2 Å². The molecule has 0 bridgehead atoms. The lowest BCUT2D eigenvalue weighted by atomic mass is 9.93. The van der Waals surface area contributed by atoms with E-state index < -0.39 is 0 Å². The SMILES string of the molecule is Cc1ccc(F)cc1-c1cccc2c1CC[C@H]2OC(C)(C)C. The summed E-state index contributed by atoms with van der Waals surface area (Å²) in [5, 5.41) is 0. The van der Waals surface area contributed by atoms with Gasteiger partial charge in [0.25, 0.3) is 0 Å². The quantitative estimate of drug-likeness (QED) is 0.701. The number of ether oxygens (including phenoxy) is 1. The van der Waals surface area contributed by atoms with E-state index in [0.717, 1.165) is 29.5 Å². The van der Waals surface area contributed by atoms with Crippen LogP contribution in [0.25, 0.3) is 11.1 Å². The first-order valence-corrected chi connectivity index (χ1v) is 7.91. The van der Waals surface area contributed by atoms with Crippen molar-refractivity contribution >= 4 is 0 Å². The van der Waals surface area contributed by atoms with E-state index in [4.69, 9.17) is 4.74 Å². The van der Waals surface area contributed by atoms with Gasteiger partial charge in [0, 0.05) is 0 Å². The minimum atomic E-state index is -0.182. The summed E-state index contributed by atoms with van der Waals surface area (Å²) in [5.41, 5.74) is 5.66. The van der Waals surface area contributed by atoms with Crippen LogP contribution < -0.4 is 0 Å². The lowest BCUT2D eigenvalue weighted by molar-refractivity contribution is -0.0605. The fourth-order valence-corrected chi connectivity index (χ4v) is 3.30. The molecule has 0 aliphatic heterocycles. The third-order valence-electron chi connectivity index (χ3n) is 4.20. The first-order chi connectivity index (χ1) is 10.3. The Morgan fingerprint density at radius 1 is 1.09 bits per heavy atom. The summed E-state index contributed by atoms with van der Waals surface area (Å²) < 4.78 is 19.9. The van der Waals surface area contributed by atoms with Gasteiger partial charge in [-0.1, -0.05) is 24.3 Å². The molecule has 0 amide bonds. The van der Waals surface area contributed by atoms with Crippen molar-refractivity contribution in [2.75, 3.05) is 0 Å². The molecule has 0 N–H and O–H groups in total. The van der Waals surface area contributed by atoms with E-state index in [9.17, 15) is 4.39 Å². The Kier molecular flexibility index (Phi) is 3.82. The molecule has 0 unspecified atom stereocenters. The number of halogens is 1. The molecule has 3 rings (SSSR count). The van der Waals surface area contributed by atoms with E-state index in [1.807, 2.05) is 13.0 Å². The van der Waals surface area contributed by atoms with Gasteiger partial charge in [0.1, 0.15) is 5.82 Å². The standard InChI is InChI=1S/C20H23FO/c1-13-8-9-14(21)12-18(13)15-6-5-7-17-16(15)10-11-19(17)22-20(2,3)4/h5-9,12,19H,10-11H2,1-4H3/t19-/m1/s1. The number of rotatable bonds is 2. The van der Waals surface area contributed by atoms with Crippen LogP contribution in [0.3, 0.4) is 0 Å². The second kappa shape index (κ2) is 5.51. The molecule has 0 saturated heterocycles. The monoisotopic (exact) mass is 298 g/mol. The molecule has 116 valence electrons. The van der Waals surface area contributed by atoms with Crippen LogP contribution in [0, 0.1) is 12.7 Å². The van der Waals surface area contributed by atoms with Crippen molar-refractivity contribution in [3.63, 3.8) is 0 Å². The molecule has 1 aliphatic rings. The fraction of sp³-hybridized carbons (Fsp3) is 0.400. The van der Waals surface area contributed by atoms with Crippen molar-refractivity contribution in [1.82, 2.24) is 0 Å². The Labute approximate surface area is 132 Å². The molecule has 22 heavy (non-hydrogen) atoms. The Morgan fingerprint density at radius 2 is 1.86 bits per heavy atom. The smallest absolute Gasteiger partial charge is 0.123 e. The van der Waals surface area contributed by atoms with Crippen LogP contribution in [-0.4, -0.2) is 5.60 Å². The van der Waals surface area contributed by atoms with Crippen LogP contribution in [-0.2, 0) is 11.2 Å². The number of benzene rings is 2. The van der Waals surface area contributed by atoms with Crippen LogP contribution in [0.1, 0.15) is 50.0 Å². The minimum absolute atomic E-state index is 0.142. The van der Waals surface area contributed by atoms with Gasteiger partial charge in [-0.15, -0.1) is 0 Å². The topological polar surface area (TPSA) is 9.23 Å². The highest BCUT2D eigenvalue weighted by atomic mass is 19.1. The maximum absolute atomic E-state index is 13.7. The normalized spacial score (nSPS) is 17.6. The van der Waals surface area contributed by atoms with Gasteiger partial charge < -0.3 is 4.74 Å². The number of aryl methyl sites for hydroxylation is 1. The third-order valence-corrected chi connectivity index (χ3v) is 4.20. The second-order valence-electron chi connectivity index (χ2n) is 7.09. The fourth-order valence-electron chi connectivity index (χ4n) is 3.30. The van der Waals surface area contributed by atoms with Gasteiger partial charge >= 0.3 is 0 Å². The molecule has 2 aromatic carbocycles. The predicted octanol–water partition coefficient (Wildman–Crippen LogP) is 5.60. The molecule has 0 fully saturated rings. The Bertz CT molecular complexity index is 697. The van der Waals surface area contributed by atoms with E-state index in [1.54, 1.807) is 6.07 Å². The zero-order valence-corrected chi connectivity index (χ0v) is 13.7. The van der Waals surface area contributed by atoms with Crippen molar-refractivity contribution in [1.29, 1.82) is 0 Å². The zero-order chi connectivity index (χ0) is 15.9. The number of fused-ring (bicyclic) bond motifs is 1. The van der Waals surface area contributed by atoms with Crippen molar-refractivity contribution in [3.05, 3.63) is 58.9 Å². The largest absolute Gasteiger partial charge is 0.368 e. The summed E-state index contributed by atoms with van der Waals surface area (Å²) in [4.78, 5) is 0. The van der Waals surface area contributed by atoms with Crippen molar-refractivity contribution in [3.8, 4) is 11.1 Å². The zero-order valence-electron chi connectivity index (χ0n) is 13.7. The summed E-state index contributed by atoms with van der Waals surface area (Å²) in [6.07, 6.45) is 2.13. The number of hydrogen-bond acceptors (Lipinski definition) is 1. The molecule has 0 spiro atoms. The molecule has 1 atom stereocenters. The number of hydrogen-bond donors (Lipinski definition) is 0. The first-order valence-electron chi connectivity index (χ1n) is 7.91. The lowest BCUT2D eigenvalue weighted by Crippen LogP contribution is -2.21.